The highest BCUT2D eigenvalue weighted by molar-refractivity contribution is 7.19. The number of nitrogens with zero attached hydrogens (tertiary/aromatic N) is 2. The molecule has 6 heteroatoms. The molecule has 0 fully saturated rings. The van der Waals surface area contributed by atoms with Crippen molar-refractivity contribution < 1.29 is 9.66 Å². The van der Waals surface area contributed by atoms with Gasteiger partial charge in [-0.3, -0.25) is 10.1 Å². The van der Waals surface area contributed by atoms with E-state index in [1.54, 1.807) is 6.07 Å². The maximum atomic E-state index is 10.9. The lowest BCUT2D eigenvalue weighted by Gasteiger charge is -2.06. The smallest absolute Gasteiger partial charge is 0.271 e. The molecule has 0 aliphatic carbocycles. The van der Waals surface area contributed by atoms with Crippen LogP contribution in [-0.4, -0.2) is 9.91 Å². The number of aromatic nitrogens is 1. The van der Waals surface area contributed by atoms with Crippen LogP contribution in [0.15, 0.2) is 72.8 Å². The van der Waals surface area contributed by atoms with Crippen molar-refractivity contribution in [3.63, 3.8) is 0 Å². The second-order valence-corrected chi connectivity index (χ2v) is 7.20. The van der Waals surface area contributed by atoms with E-state index in [-0.39, 0.29) is 5.69 Å². The number of fused-ring (bicyclic) bond motifs is 1. The van der Waals surface area contributed by atoms with E-state index in [0.717, 1.165) is 26.6 Å². The summed E-state index contributed by atoms with van der Waals surface area (Å²) in [4.78, 5) is 15.0. The third-order valence-electron chi connectivity index (χ3n) is 4.12. The van der Waals surface area contributed by atoms with Crippen LogP contribution in [-0.2, 0) is 6.61 Å². The zero-order valence-electron chi connectivity index (χ0n) is 14.8. The third kappa shape index (κ3) is 4.24. The van der Waals surface area contributed by atoms with Gasteiger partial charge in [-0.15, -0.1) is 11.3 Å². The van der Waals surface area contributed by atoms with Gasteiger partial charge in [-0.25, -0.2) is 4.98 Å². The van der Waals surface area contributed by atoms with Gasteiger partial charge in [0.15, 0.2) is 0 Å². The Kier molecular flexibility index (Phi) is 5.12. The first kappa shape index (κ1) is 17.9. The van der Waals surface area contributed by atoms with Crippen LogP contribution in [0.2, 0.25) is 0 Å². The second-order valence-electron chi connectivity index (χ2n) is 6.14. The number of ether oxygens (including phenoxy) is 1. The topological polar surface area (TPSA) is 65.3 Å². The molecule has 0 bridgehead atoms. The van der Waals surface area contributed by atoms with Crippen molar-refractivity contribution in [2.24, 2.45) is 0 Å². The van der Waals surface area contributed by atoms with Crippen molar-refractivity contribution in [3.8, 4) is 5.75 Å². The summed E-state index contributed by atoms with van der Waals surface area (Å²) < 4.78 is 6.78. The Labute approximate surface area is 165 Å². The molecule has 4 rings (SSSR count). The minimum atomic E-state index is -0.407. The normalized spacial score (nSPS) is 11.1. The van der Waals surface area contributed by atoms with E-state index in [9.17, 15) is 10.1 Å². The molecule has 0 unspecified atom stereocenters. The summed E-state index contributed by atoms with van der Waals surface area (Å²) in [5.41, 5.74) is 2.80. The van der Waals surface area contributed by atoms with Crippen LogP contribution in [0.3, 0.4) is 0 Å². The largest absolute Gasteiger partial charge is 0.489 e. The molecule has 3 aromatic carbocycles. The van der Waals surface area contributed by atoms with E-state index in [2.05, 4.69) is 4.98 Å². The highest BCUT2D eigenvalue weighted by Crippen LogP contribution is 2.27. The highest BCUT2D eigenvalue weighted by Gasteiger charge is 2.09. The zero-order valence-corrected chi connectivity index (χ0v) is 15.6. The molecule has 1 heterocycles. The van der Waals surface area contributed by atoms with Gasteiger partial charge in [0.1, 0.15) is 17.4 Å². The molecule has 0 spiro atoms. The van der Waals surface area contributed by atoms with Crippen LogP contribution < -0.4 is 4.74 Å². The Morgan fingerprint density at radius 2 is 1.86 bits per heavy atom. The summed E-state index contributed by atoms with van der Waals surface area (Å²) in [6, 6.07) is 22.6. The van der Waals surface area contributed by atoms with Gasteiger partial charge in [-0.1, -0.05) is 48.5 Å². The molecule has 28 heavy (non-hydrogen) atoms. The van der Waals surface area contributed by atoms with E-state index in [0.29, 0.717) is 12.1 Å². The van der Waals surface area contributed by atoms with Crippen LogP contribution in [0.5, 0.6) is 5.75 Å². The van der Waals surface area contributed by atoms with Gasteiger partial charge in [-0.2, -0.15) is 0 Å². The van der Waals surface area contributed by atoms with Crippen LogP contribution in [0.1, 0.15) is 16.1 Å². The lowest BCUT2D eigenvalue weighted by molar-refractivity contribution is -0.384. The maximum absolute atomic E-state index is 10.9. The predicted molar refractivity (Wildman–Crippen MR) is 112 cm³/mol. The molecule has 1 aromatic heterocycles. The number of nitro groups is 1. The van der Waals surface area contributed by atoms with Gasteiger partial charge in [0.05, 0.1) is 15.1 Å². The second kappa shape index (κ2) is 8.02. The van der Waals surface area contributed by atoms with Crippen molar-refractivity contribution in [3.05, 3.63) is 99.0 Å². The Hall–Kier alpha value is -3.51. The SMILES string of the molecule is O=[N+]([O-])c1ccc2sc(/C=C/c3cccc(OCc4ccccc4)c3)nc2c1. The fourth-order valence-corrected chi connectivity index (χ4v) is 3.59. The zero-order chi connectivity index (χ0) is 19.3. The predicted octanol–water partition coefficient (Wildman–Crippen LogP) is 5.95. The monoisotopic (exact) mass is 388 g/mol. The van der Waals surface area contributed by atoms with Crippen LogP contribution in [0.4, 0.5) is 5.69 Å². The maximum Gasteiger partial charge on any atom is 0.271 e. The molecule has 0 radical (unpaired) electrons. The van der Waals surface area contributed by atoms with Gasteiger partial charge in [0.2, 0.25) is 0 Å². The molecular formula is C22H16N2O3S. The number of thiazole rings is 1. The molecule has 0 aliphatic rings. The molecule has 0 saturated carbocycles. The van der Waals surface area contributed by atoms with E-state index in [4.69, 9.17) is 4.74 Å². The van der Waals surface area contributed by atoms with Gasteiger partial charge in [0.25, 0.3) is 5.69 Å². The average molecular weight is 388 g/mol. The molecular weight excluding hydrogens is 372 g/mol. The Morgan fingerprint density at radius 1 is 1.00 bits per heavy atom. The molecule has 5 nitrogen and oxygen atoms in total. The van der Waals surface area contributed by atoms with Gasteiger partial charge in [0, 0.05) is 12.1 Å². The van der Waals surface area contributed by atoms with Crippen molar-refractivity contribution in [2.75, 3.05) is 0 Å². The first-order valence-electron chi connectivity index (χ1n) is 8.67. The first-order valence-corrected chi connectivity index (χ1v) is 9.49. The molecule has 0 atom stereocenters. The summed E-state index contributed by atoms with van der Waals surface area (Å²) >= 11 is 1.50. The summed E-state index contributed by atoms with van der Waals surface area (Å²) in [5.74, 6) is 0.797. The van der Waals surface area contributed by atoms with Crippen molar-refractivity contribution in [1.29, 1.82) is 0 Å². The van der Waals surface area contributed by atoms with Crippen molar-refractivity contribution in [1.82, 2.24) is 4.98 Å². The molecule has 138 valence electrons. The van der Waals surface area contributed by atoms with E-state index in [1.807, 2.05) is 66.7 Å². The lowest BCUT2D eigenvalue weighted by atomic mass is 10.2. The molecule has 0 saturated heterocycles. The first-order chi connectivity index (χ1) is 13.7. The fraction of sp³-hybridized carbons (Fsp3) is 0.0455. The molecule has 4 aromatic rings. The van der Waals surface area contributed by atoms with E-state index < -0.39 is 4.92 Å². The number of nitro benzene ring substituents is 1. The lowest BCUT2D eigenvalue weighted by Crippen LogP contribution is -1.94. The molecule has 0 aliphatic heterocycles. The summed E-state index contributed by atoms with van der Waals surface area (Å²) in [7, 11) is 0. The highest BCUT2D eigenvalue weighted by atomic mass is 32.1. The number of hydrogen-bond acceptors (Lipinski definition) is 5. The van der Waals surface area contributed by atoms with E-state index in [1.165, 1.54) is 23.5 Å². The van der Waals surface area contributed by atoms with Gasteiger partial charge >= 0.3 is 0 Å². The van der Waals surface area contributed by atoms with Crippen LogP contribution in [0.25, 0.3) is 22.4 Å². The Balaban J connectivity index is 1.48. The average Bonchev–Trinajstić information content (AvgIpc) is 3.14. The summed E-state index contributed by atoms with van der Waals surface area (Å²) in [6.07, 6.45) is 3.87. The summed E-state index contributed by atoms with van der Waals surface area (Å²) in [5, 5.41) is 11.7. The van der Waals surface area contributed by atoms with Crippen LogP contribution in [0, 0.1) is 10.1 Å². The van der Waals surface area contributed by atoms with Gasteiger partial charge in [-0.05, 0) is 35.4 Å². The summed E-state index contributed by atoms with van der Waals surface area (Å²) in [6.45, 7) is 0.519. The van der Waals surface area contributed by atoms with Crippen molar-refractivity contribution >= 4 is 39.4 Å². The number of hydrogen-bond donors (Lipinski definition) is 0. The molecule has 0 N–H and O–H groups in total. The Bertz CT molecular complexity index is 1150. The van der Waals surface area contributed by atoms with Crippen molar-refractivity contribution in [2.45, 2.75) is 6.61 Å². The number of benzene rings is 3. The minimum absolute atomic E-state index is 0.0524. The minimum Gasteiger partial charge on any atom is -0.489 e. The fourth-order valence-electron chi connectivity index (χ4n) is 2.73. The Morgan fingerprint density at radius 3 is 2.68 bits per heavy atom. The number of non-ortho nitro benzene ring substituents is 1. The van der Waals surface area contributed by atoms with Gasteiger partial charge < -0.3 is 4.74 Å². The quantitative estimate of drug-likeness (QED) is 0.302. The molecule has 0 amide bonds. The van der Waals surface area contributed by atoms with E-state index >= 15 is 0 Å². The number of rotatable bonds is 6. The third-order valence-corrected chi connectivity index (χ3v) is 5.12. The standard InChI is InChI=1S/C22H16N2O3S/c25-24(26)18-10-11-21-20(14-18)23-22(28-21)12-9-16-7-4-8-19(13-16)27-15-17-5-2-1-3-6-17/h1-14H,15H2/b12-9+. The van der Waals surface area contributed by atoms with Crippen LogP contribution >= 0.6 is 11.3 Å².